The van der Waals surface area contributed by atoms with E-state index in [2.05, 4.69) is 0 Å². The van der Waals surface area contributed by atoms with Crippen LogP contribution >= 0.6 is 0 Å². The average Bonchev–Trinajstić information content (AvgIpc) is 3.28. The van der Waals surface area contributed by atoms with Crippen molar-refractivity contribution in [2.24, 2.45) is 11.8 Å². The van der Waals surface area contributed by atoms with Gasteiger partial charge >= 0.3 is 6.09 Å². The number of rotatable bonds is 5. The zero-order valence-corrected chi connectivity index (χ0v) is 21.7. The molecule has 2 saturated heterocycles. The highest BCUT2D eigenvalue weighted by molar-refractivity contribution is 5.81. The predicted molar refractivity (Wildman–Crippen MR) is 135 cm³/mol. The molecule has 2 heterocycles. The molecule has 3 aliphatic rings. The molecule has 2 amide bonds. The first-order valence-electron chi connectivity index (χ1n) is 13.2. The number of piperidine rings is 1. The van der Waals surface area contributed by atoms with E-state index in [4.69, 9.17) is 9.47 Å². The van der Waals surface area contributed by atoms with Crippen LogP contribution in [0.1, 0.15) is 64.9 Å². The van der Waals surface area contributed by atoms with E-state index in [1.807, 2.05) is 32.9 Å². The number of carbonyl (C=O) groups is 2. The topological polar surface area (TPSA) is 79.3 Å². The van der Waals surface area contributed by atoms with E-state index >= 15 is 0 Å². The second-order valence-corrected chi connectivity index (χ2v) is 11.3. The highest BCUT2D eigenvalue weighted by atomic mass is 19.1. The number of amides is 2. The Morgan fingerprint density at radius 1 is 1.08 bits per heavy atom. The van der Waals surface area contributed by atoms with Crippen LogP contribution in [0.25, 0.3) is 5.57 Å². The van der Waals surface area contributed by atoms with Crippen molar-refractivity contribution in [1.82, 2.24) is 9.80 Å². The third kappa shape index (κ3) is 6.78. The van der Waals surface area contributed by atoms with E-state index < -0.39 is 11.7 Å². The number of aliphatic hydroxyl groups excluding tert-OH is 1. The third-order valence-corrected chi connectivity index (χ3v) is 7.28. The van der Waals surface area contributed by atoms with E-state index in [1.54, 1.807) is 15.9 Å². The molecule has 1 N–H and O–H groups in total. The second kappa shape index (κ2) is 11.2. The van der Waals surface area contributed by atoms with Gasteiger partial charge in [-0.05, 0) is 88.5 Å². The SMILES string of the molecule is CC(C)(C)OC(=O)N1CCC(COc2ccc(C3=CCC(C(=O)N4CCC(O)C4)CC3)cc2F)CC1. The number of halogens is 1. The number of allylic oxidation sites excluding steroid dienone is 2. The molecule has 2 aliphatic heterocycles. The van der Waals surface area contributed by atoms with Gasteiger partial charge in [-0.1, -0.05) is 12.1 Å². The first-order chi connectivity index (χ1) is 17.1. The minimum absolute atomic E-state index is 0.0618. The summed E-state index contributed by atoms with van der Waals surface area (Å²) in [5, 5.41) is 9.69. The molecule has 1 aliphatic carbocycles. The lowest BCUT2D eigenvalue weighted by Gasteiger charge is -2.33. The summed E-state index contributed by atoms with van der Waals surface area (Å²) < 4.78 is 26.1. The number of likely N-dealkylation sites (tertiary alicyclic amines) is 2. The second-order valence-electron chi connectivity index (χ2n) is 11.3. The van der Waals surface area contributed by atoms with Crippen LogP contribution in [0.4, 0.5) is 9.18 Å². The van der Waals surface area contributed by atoms with Crippen LogP contribution in [0.3, 0.4) is 0 Å². The first kappa shape index (κ1) is 26.5. The van der Waals surface area contributed by atoms with Gasteiger partial charge in [0, 0.05) is 32.1 Å². The van der Waals surface area contributed by atoms with Gasteiger partial charge in [0.2, 0.25) is 5.91 Å². The largest absolute Gasteiger partial charge is 0.490 e. The highest BCUT2D eigenvalue weighted by Crippen LogP contribution is 2.33. The van der Waals surface area contributed by atoms with Crippen molar-refractivity contribution < 1.29 is 28.6 Å². The lowest BCUT2D eigenvalue weighted by Crippen LogP contribution is -2.42. The molecule has 2 atom stereocenters. The van der Waals surface area contributed by atoms with E-state index in [0.29, 0.717) is 45.6 Å². The zero-order chi connectivity index (χ0) is 25.9. The maximum absolute atomic E-state index is 14.8. The Hall–Kier alpha value is -2.61. The number of benzene rings is 1. The molecular weight excluding hydrogens is 463 g/mol. The summed E-state index contributed by atoms with van der Waals surface area (Å²) in [5.41, 5.74) is 1.37. The molecule has 0 bridgehead atoms. The molecule has 1 aromatic carbocycles. The van der Waals surface area contributed by atoms with Gasteiger partial charge in [-0.3, -0.25) is 4.79 Å². The Morgan fingerprint density at radius 2 is 1.81 bits per heavy atom. The maximum Gasteiger partial charge on any atom is 0.410 e. The van der Waals surface area contributed by atoms with Crippen LogP contribution < -0.4 is 4.74 Å². The molecule has 2 unspecified atom stereocenters. The summed E-state index contributed by atoms with van der Waals surface area (Å²) in [7, 11) is 0. The lowest BCUT2D eigenvalue weighted by molar-refractivity contribution is -0.135. The summed E-state index contributed by atoms with van der Waals surface area (Å²) >= 11 is 0. The molecule has 0 saturated carbocycles. The molecule has 4 rings (SSSR count). The predicted octanol–water partition coefficient (Wildman–Crippen LogP) is 4.63. The Balaban J connectivity index is 1.25. The van der Waals surface area contributed by atoms with Crippen LogP contribution in [0.5, 0.6) is 5.75 Å². The minimum atomic E-state index is -0.508. The summed E-state index contributed by atoms with van der Waals surface area (Å²) in [6, 6.07) is 5.09. The summed E-state index contributed by atoms with van der Waals surface area (Å²) in [4.78, 5) is 28.4. The average molecular weight is 503 g/mol. The molecule has 8 heteroatoms. The van der Waals surface area contributed by atoms with Gasteiger partial charge in [-0.25, -0.2) is 9.18 Å². The smallest absolute Gasteiger partial charge is 0.410 e. The van der Waals surface area contributed by atoms with Crippen LogP contribution in [-0.2, 0) is 9.53 Å². The fourth-order valence-corrected chi connectivity index (χ4v) is 5.15. The Bertz CT molecular complexity index is 981. The van der Waals surface area contributed by atoms with Gasteiger partial charge in [0.1, 0.15) is 5.60 Å². The number of aliphatic hydroxyl groups is 1. The number of β-amino-alcohol motifs (C(OH)–C–C–N with tert-alkyl or cyclic N) is 1. The van der Waals surface area contributed by atoms with E-state index in [1.165, 1.54) is 6.07 Å². The summed E-state index contributed by atoms with van der Waals surface area (Å²) in [6.07, 6.45) is 5.70. The van der Waals surface area contributed by atoms with Gasteiger partial charge in [-0.15, -0.1) is 0 Å². The maximum atomic E-state index is 14.8. The number of carbonyl (C=O) groups excluding carboxylic acids is 2. The van der Waals surface area contributed by atoms with Crippen LogP contribution in [0, 0.1) is 17.7 Å². The monoisotopic (exact) mass is 502 g/mol. The highest BCUT2D eigenvalue weighted by Gasteiger charge is 2.31. The van der Waals surface area contributed by atoms with E-state index in [9.17, 15) is 19.1 Å². The van der Waals surface area contributed by atoms with Crippen LogP contribution in [0.2, 0.25) is 0 Å². The number of nitrogens with zero attached hydrogens (tertiary/aromatic N) is 2. The fraction of sp³-hybridized carbons (Fsp3) is 0.643. The Kier molecular flexibility index (Phi) is 8.23. The van der Waals surface area contributed by atoms with Gasteiger partial charge in [-0.2, -0.15) is 0 Å². The van der Waals surface area contributed by atoms with Crippen LogP contribution in [0.15, 0.2) is 24.3 Å². The van der Waals surface area contributed by atoms with Crippen molar-refractivity contribution in [1.29, 1.82) is 0 Å². The minimum Gasteiger partial charge on any atom is -0.490 e. The standard InChI is InChI=1S/C28H39FN2O5/c1-28(2,3)36-27(34)30-13-10-19(11-14-30)18-35-25-9-8-22(16-24(25)29)20-4-6-21(7-5-20)26(33)31-15-12-23(32)17-31/h4,8-9,16,19,21,23,32H,5-7,10-15,17-18H2,1-3H3. The molecular formula is C28H39FN2O5. The quantitative estimate of drug-likeness (QED) is 0.635. The van der Waals surface area contributed by atoms with Crippen molar-refractivity contribution in [3.05, 3.63) is 35.7 Å². The molecule has 36 heavy (non-hydrogen) atoms. The third-order valence-electron chi connectivity index (χ3n) is 7.28. The molecule has 0 aromatic heterocycles. The van der Waals surface area contributed by atoms with Gasteiger partial charge in [0.25, 0.3) is 0 Å². The normalized spacial score (nSPS) is 23.4. The summed E-state index contributed by atoms with van der Waals surface area (Å²) in [5.74, 6) is 0.172. The fourth-order valence-electron chi connectivity index (χ4n) is 5.15. The first-order valence-corrected chi connectivity index (χ1v) is 13.2. The van der Waals surface area contributed by atoms with Gasteiger partial charge in [0.15, 0.2) is 11.6 Å². The number of ether oxygens (including phenoxy) is 2. The van der Waals surface area contributed by atoms with Crippen molar-refractivity contribution in [2.45, 2.75) is 71.0 Å². The number of hydrogen-bond acceptors (Lipinski definition) is 5. The zero-order valence-electron chi connectivity index (χ0n) is 21.7. The van der Waals surface area contributed by atoms with Crippen molar-refractivity contribution in [3.63, 3.8) is 0 Å². The van der Waals surface area contributed by atoms with Crippen molar-refractivity contribution in [3.8, 4) is 5.75 Å². The van der Waals surface area contributed by atoms with Gasteiger partial charge in [0.05, 0.1) is 12.7 Å². The molecule has 7 nitrogen and oxygen atoms in total. The number of hydrogen-bond donors (Lipinski definition) is 1. The van der Waals surface area contributed by atoms with Gasteiger partial charge < -0.3 is 24.4 Å². The lowest BCUT2D eigenvalue weighted by atomic mass is 9.86. The van der Waals surface area contributed by atoms with Crippen molar-refractivity contribution >= 4 is 17.6 Å². The van der Waals surface area contributed by atoms with Crippen LogP contribution in [-0.4, -0.2) is 71.4 Å². The molecule has 2 fully saturated rings. The Labute approximate surface area is 213 Å². The van der Waals surface area contributed by atoms with E-state index in [-0.39, 0.29) is 35.4 Å². The molecule has 1 aromatic rings. The van der Waals surface area contributed by atoms with E-state index in [0.717, 1.165) is 36.8 Å². The van der Waals surface area contributed by atoms with Crippen molar-refractivity contribution in [2.75, 3.05) is 32.8 Å². The molecule has 198 valence electrons. The molecule has 0 radical (unpaired) electrons. The Morgan fingerprint density at radius 3 is 2.39 bits per heavy atom. The summed E-state index contributed by atoms with van der Waals surface area (Å²) in [6.45, 7) is 8.27. The molecule has 0 spiro atoms.